The SMILES string of the molecule is Cc1nn(Cc2cccc(NC(=O)c3cnn4c(C(F)(F)F)cc(-c5ccc(C(C)C)cc5)nc34)c2)c(C)c1Br. The van der Waals surface area contributed by atoms with E-state index in [0.29, 0.717) is 22.3 Å². The van der Waals surface area contributed by atoms with Gasteiger partial charge in [0, 0.05) is 11.3 Å². The summed E-state index contributed by atoms with van der Waals surface area (Å²) in [4.78, 5) is 17.7. The third kappa shape index (κ3) is 5.38. The van der Waals surface area contributed by atoms with E-state index in [4.69, 9.17) is 0 Å². The average molecular weight is 611 g/mol. The Morgan fingerprint density at radius 3 is 2.42 bits per heavy atom. The maximum atomic E-state index is 14.0. The van der Waals surface area contributed by atoms with Crippen molar-refractivity contribution in [3.63, 3.8) is 0 Å². The van der Waals surface area contributed by atoms with Crippen LogP contribution in [-0.2, 0) is 12.7 Å². The van der Waals surface area contributed by atoms with Gasteiger partial charge in [-0.15, -0.1) is 0 Å². The van der Waals surface area contributed by atoms with E-state index in [-0.39, 0.29) is 22.8 Å². The second-order valence-electron chi connectivity index (χ2n) is 9.89. The molecular formula is C29H26BrF3N6O. The summed E-state index contributed by atoms with van der Waals surface area (Å²) < 4.78 is 45.5. The van der Waals surface area contributed by atoms with Crippen molar-refractivity contribution in [2.24, 2.45) is 0 Å². The molecule has 5 rings (SSSR count). The Bertz CT molecular complexity index is 1720. The van der Waals surface area contributed by atoms with E-state index in [1.165, 1.54) is 0 Å². The number of alkyl halides is 3. The number of rotatable bonds is 6. The molecule has 0 saturated carbocycles. The molecule has 206 valence electrons. The number of hydrogen-bond acceptors (Lipinski definition) is 4. The van der Waals surface area contributed by atoms with Crippen molar-refractivity contribution in [3.8, 4) is 11.3 Å². The molecular weight excluding hydrogens is 585 g/mol. The Kier molecular flexibility index (Phi) is 7.26. The highest BCUT2D eigenvalue weighted by Crippen LogP contribution is 2.33. The molecule has 0 bridgehead atoms. The third-order valence-electron chi connectivity index (χ3n) is 6.69. The molecule has 2 aromatic carbocycles. The highest BCUT2D eigenvalue weighted by atomic mass is 79.9. The predicted octanol–water partition coefficient (Wildman–Crippen LogP) is 7.41. The fourth-order valence-corrected chi connectivity index (χ4v) is 4.74. The zero-order valence-electron chi connectivity index (χ0n) is 22.2. The molecule has 3 aromatic heterocycles. The maximum Gasteiger partial charge on any atom is 0.433 e. The largest absolute Gasteiger partial charge is 0.433 e. The summed E-state index contributed by atoms with van der Waals surface area (Å²) >= 11 is 3.52. The number of carbonyl (C=O) groups excluding carboxylic acids is 1. The van der Waals surface area contributed by atoms with E-state index < -0.39 is 17.8 Å². The summed E-state index contributed by atoms with van der Waals surface area (Å²) in [5.74, 6) is -0.345. The number of nitrogens with zero attached hydrogens (tertiary/aromatic N) is 5. The second kappa shape index (κ2) is 10.5. The average Bonchev–Trinajstić information content (AvgIpc) is 3.44. The van der Waals surface area contributed by atoms with E-state index in [9.17, 15) is 18.0 Å². The van der Waals surface area contributed by atoms with Crippen molar-refractivity contribution in [1.82, 2.24) is 24.4 Å². The van der Waals surface area contributed by atoms with Gasteiger partial charge in [-0.3, -0.25) is 9.48 Å². The van der Waals surface area contributed by atoms with Crippen molar-refractivity contribution >= 4 is 33.2 Å². The van der Waals surface area contributed by atoms with E-state index in [1.54, 1.807) is 30.3 Å². The number of aromatic nitrogens is 5. The van der Waals surface area contributed by atoms with Crippen molar-refractivity contribution in [3.05, 3.63) is 99.0 Å². The lowest BCUT2D eigenvalue weighted by atomic mass is 10.0. The standard InChI is InChI=1S/C29H26BrF3N6O/c1-16(2)20-8-10-21(11-9-20)24-13-25(29(31,32)33)39-27(36-24)23(14-34-39)28(40)35-22-7-5-6-19(12-22)15-38-18(4)26(30)17(3)37-38/h5-14,16H,15H2,1-4H3,(H,35,40). The zero-order valence-corrected chi connectivity index (χ0v) is 23.8. The second-order valence-corrected chi connectivity index (χ2v) is 10.7. The van der Waals surface area contributed by atoms with Crippen LogP contribution in [0.4, 0.5) is 18.9 Å². The van der Waals surface area contributed by atoms with Crippen LogP contribution in [0.2, 0.25) is 0 Å². The normalized spacial score (nSPS) is 11.9. The monoisotopic (exact) mass is 610 g/mol. The van der Waals surface area contributed by atoms with Crippen LogP contribution in [0.15, 0.2) is 65.3 Å². The van der Waals surface area contributed by atoms with Gasteiger partial charge in [-0.2, -0.15) is 23.4 Å². The van der Waals surface area contributed by atoms with Crippen molar-refractivity contribution in [2.45, 2.75) is 46.3 Å². The summed E-state index contributed by atoms with van der Waals surface area (Å²) in [7, 11) is 0. The van der Waals surface area contributed by atoms with Crippen molar-refractivity contribution in [2.75, 3.05) is 5.32 Å². The van der Waals surface area contributed by atoms with Gasteiger partial charge in [-0.1, -0.05) is 50.2 Å². The highest BCUT2D eigenvalue weighted by molar-refractivity contribution is 9.10. The molecule has 5 aromatic rings. The van der Waals surface area contributed by atoms with E-state index in [1.807, 2.05) is 50.6 Å². The minimum absolute atomic E-state index is 0.0703. The molecule has 0 unspecified atom stereocenters. The molecule has 0 saturated heterocycles. The van der Waals surface area contributed by atoms with Crippen LogP contribution >= 0.6 is 15.9 Å². The van der Waals surface area contributed by atoms with E-state index in [2.05, 4.69) is 36.4 Å². The predicted molar refractivity (Wildman–Crippen MR) is 150 cm³/mol. The minimum atomic E-state index is -4.71. The highest BCUT2D eigenvalue weighted by Gasteiger charge is 2.36. The number of amides is 1. The Morgan fingerprint density at radius 2 is 1.80 bits per heavy atom. The molecule has 0 spiro atoms. The molecule has 1 amide bonds. The molecule has 0 atom stereocenters. The van der Waals surface area contributed by atoms with Gasteiger partial charge in [0.25, 0.3) is 5.91 Å². The van der Waals surface area contributed by atoms with Crippen LogP contribution in [-0.4, -0.2) is 30.3 Å². The molecule has 1 N–H and O–H groups in total. The van der Waals surface area contributed by atoms with Gasteiger partial charge in [0.2, 0.25) is 0 Å². The molecule has 7 nitrogen and oxygen atoms in total. The fraction of sp³-hybridized carbons (Fsp3) is 0.241. The van der Waals surface area contributed by atoms with Crippen LogP contribution in [0, 0.1) is 13.8 Å². The van der Waals surface area contributed by atoms with E-state index >= 15 is 0 Å². The number of nitrogens with one attached hydrogen (secondary N) is 1. The number of aryl methyl sites for hydroxylation is 1. The van der Waals surface area contributed by atoms with Gasteiger partial charge in [0.1, 0.15) is 5.56 Å². The molecule has 0 aliphatic rings. The first-order valence-electron chi connectivity index (χ1n) is 12.6. The summed E-state index contributed by atoms with van der Waals surface area (Å²) in [6.45, 7) is 8.41. The summed E-state index contributed by atoms with van der Waals surface area (Å²) in [6, 6.07) is 15.3. The quantitative estimate of drug-likeness (QED) is 0.217. The number of halogens is 4. The van der Waals surface area contributed by atoms with Crippen molar-refractivity contribution < 1.29 is 18.0 Å². The van der Waals surface area contributed by atoms with Crippen molar-refractivity contribution in [1.29, 1.82) is 0 Å². The Balaban J connectivity index is 1.48. The molecule has 3 heterocycles. The molecule has 0 radical (unpaired) electrons. The van der Waals surface area contributed by atoms with Gasteiger partial charge in [-0.05, 0) is 65.0 Å². The summed E-state index contributed by atoms with van der Waals surface area (Å²) in [6.07, 6.45) is -3.60. The molecule has 0 aliphatic carbocycles. The Morgan fingerprint density at radius 1 is 1.07 bits per heavy atom. The van der Waals surface area contributed by atoms with Crippen LogP contribution in [0.1, 0.15) is 58.3 Å². The summed E-state index contributed by atoms with van der Waals surface area (Å²) in [5.41, 5.74) is 3.61. The lowest BCUT2D eigenvalue weighted by molar-refractivity contribution is -0.142. The van der Waals surface area contributed by atoms with Crippen LogP contribution < -0.4 is 5.32 Å². The fourth-order valence-electron chi connectivity index (χ4n) is 4.46. The smallest absolute Gasteiger partial charge is 0.322 e. The topological polar surface area (TPSA) is 77.1 Å². The van der Waals surface area contributed by atoms with Gasteiger partial charge in [0.15, 0.2) is 11.3 Å². The lowest BCUT2D eigenvalue weighted by Gasteiger charge is -2.12. The third-order valence-corrected chi connectivity index (χ3v) is 7.84. The first-order chi connectivity index (χ1) is 18.9. The van der Waals surface area contributed by atoms with Crippen LogP contribution in [0.5, 0.6) is 0 Å². The van der Waals surface area contributed by atoms with Gasteiger partial charge >= 0.3 is 6.18 Å². The first-order valence-corrected chi connectivity index (χ1v) is 13.4. The van der Waals surface area contributed by atoms with Gasteiger partial charge in [0.05, 0.1) is 34.3 Å². The zero-order chi connectivity index (χ0) is 28.8. The Labute approximate surface area is 237 Å². The number of carbonyl (C=O) groups is 1. The van der Waals surface area contributed by atoms with Gasteiger partial charge < -0.3 is 5.32 Å². The molecule has 0 aliphatic heterocycles. The number of anilines is 1. The molecule has 40 heavy (non-hydrogen) atoms. The number of hydrogen-bond donors (Lipinski definition) is 1. The first kappa shape index (κ1) is 27.6. The van der Waals surface area contributed by atoms with Crippen LogP contribution in [0.3, 0.4) is 0 Å². The molecule has 0 fully saturated rings. The Hall–Kier alpha value is -3.99. The minimum Gasteiger partial charge on any atom is -0.322 e. The number of benzene rings is 2. The lowest BCUT2D eigenvalue weighted by Crippen LogP contribution is -2.16. The maximum absolute atomic E-state index is 14.0. The van der Waals surface area contributed by atoms with Crippen LogP contribution in [0.25, 0.3) is 16.9 Å². The summed E-state index contributed by atoms with van der Waals surface area (Å²) in [5, 5.41) is 11.2. The number of fused-ring (bicyclic) bond motifs is 1. The van der Waals surface area contributed by atoms with E-state index in [0.717, 1.165) is 39.3 Å². The van der Waals surface area contributed by atoms with Gasteiger partial charge in [-0.25, -0.2) is 9.50 Å². The molecule has 11 heteroatoms.